The van der Waals surface area contributed by atoms with Gasteiger partial charge < -0.3 is 10.2 Å². The van der Waals surface area contributed by atoms with Crippen molar-refractivity contribution in [1.29, 1.82) is 0 Å². The van der Waals surface area contributed by atoms with Gasteiger partial charge in [0.05, 0.1) is 0 Å². The number of nitrogens with zero attached hydrogens (tertiary/aromatic N) is 1. The van der Waals surface area contributed by atoms with Crippen LogP contribution in [0.1, 0.15) is 46.0 Å². The van der Waals surface area contributed by atoms with Gasteiger partial charge in [-0.1, -0.05) is 13.8 Å². The Bertz CT molecular complexity index is 262. The molecule has 0 aromatic rings. The van der Waals surface area contributed by atoms with Crippen LogP contribution in [0, 0.1) is 5.41 Å². The van der Waals surface area contributed by atoms with E-state index in [1.54, 1.807) is 0 Å². The quantitative estimate of drug-likeness (QED) is 0.844. The number of hydrogen-bond donors (Lipinski definition) is 1. The van der Waals surface area contributed by atoms with E-state index in [9.17, 15) is 4.79 Å². The van der Waals surface area contributed by atoms with Gasteiger partial charge >= 0.3 is 0 Å². The van der Waals surface area contributed by atoms with E-state index in [0.29, 0.717) is 17.4 Å². The second-order valence-electron chi connectivity index (χ2n) is 6.06. The van der Waals surface area contributed by atoms with Crippen LogP contribution in [-0.4, -0.2) is 36.5 Å². The molecule has 2 aliphatic rings. The summed E-state index contributed by atoms with van der Waals surface area (Å²) in [5.41, 5.74) is 0.335. The maximum atomic E-state index is 12.0. The van der Waals surface area contributed by atoms with Crippen LogP contribution < -0.4 is 5.32 Å². The Morgan fingerprint density at radius 2 is 2.24 bits per heavy atom. The zero-order valence-corrected chi connectivity index (χ0v) is 11.8. The molecule has 17 heavy (non-hydrogen) atoms. The molecule has 2 aliphatic heterocycles. The third-order valence-electron chi connectivity index (χ3n) is 3.90. The van der Waals surface area contributed by atoms with Crippen molar-refractivity contribution in [3.8, 4) is 0 Å². The van der Waals surface area contributed by atoms with Crippen molar-refractivity contribution in [2.75, 3.05) is 19.6 Å². The van der Waals surface area contributed by atoms with Crippen molar-refractivity contribution in [1.82, 2.24) is 10.2 Å². The molecule has 3 nitrogen and oxygen atoms in total. The molecule has 0 spiro atoms. The van der Waals surface area contributed by atoms with Crippen LogP contribution in [-0.2, 0) is 4.79 Å². The highest BCUT2D eigenvalue weighted by molar-refractivity contribution is 5.85. The molecular formula is C13H25ClN2O. The van der Waals surface area contributed by atoms with Crippen LogP contribution in [0.25, 0.3) is 0 Å². The number of halogens is 1. The molecule has 2 fully saturated rings. The van der Waals surface area contributed by atoms with Gasteiger partial charge in [0.1, 0.15) is 0 Å². The third-order valence-corrected chi connectivity index (χ3v) is 3.90. The fourth-order valence-corrected chi connectivity index (χ4v) is 2.78. The standard InChI is InChI=1S/C13H24N2O.ClH/c1-13(2)7-9-15(10-13)12(16)6-5-11-4-3-8-14-11;/h11,14H,3-10H2,1-2H3;1H. The number of hydrogen-bond acceptors (Lipinski definition) is 2. The minimum atomic E-state index is 0. The van der Waals surface area contributed by atoms with E-state index in [1.165, 1.54) is 12.8 Å². The van der Waals surface area contributed by atoms with Gasteiger partial charge in [0.25, 0.3) is 0 Å². The molecule has 0 aliphatic carbocycles. The Labute approximate surface area is 111 Å². The maximum Gasteiger partial charge on any atom is 0.222 e. The topological polar surface area (TPSA) is 32.3 Å². The smallest absolute Gasteiger partial charge is 0.222 e. The van der Waals surface area contributed by atoms with E-state index in [-0.39, 0.29) is 12.4 Å². The van der Waals surface area contributed by atoms with Gasteiger partial charge in [0, 0.05) is 25.6 Å². The van der Waals surface area contributed by atoms with Gasteiger partial charge in [0.2, 0.25) is 5.91 Å². The summed E-state index contributed by atoms with van der Waals surface area (Å²) in [7, 11) is 0. The average molecular weight is 261 g/mol. The summed E-state index contributed by atoms with van der Waals surface area (Å²) in [4.78, 5) is 14.0. The molecule has 0 radical (unpaired) electrons. The first kappa shape index (κ1) is 14.8. The first-order valence-corrected chi connectivity index (χ1v) is 6.58. The highest BCUT2D eigenvalue weighted by Gasteiger charge is 2.31. The van der Waals surface area contributed by atoms with Gasteiger partial charge in [-0.25, -0.2) is 0 Å². The van der Waals surface area contributed by atoms with Crippen molar-refractivity contribution in [3.63, 3.8) is 0 Å². The Morgan fingerprint density at radius 1 is 1.47 bits per heavy atom. The van der Waals surface area contributed by atoms with Crippen LogP contribution in [0.3, 0.4) is 0 Å². The van der Waals surface area contributed by atoms with Crippen LogP contribution in [0.4, 0.5) is 0 Å². The minimum absolute atomic E-state index is 0. The summed E-state index contributed by atoms with van der Waals surface area (Å²) in [5, 5.41) is 3.45. The lowest BCUT2D eigenvalue weighted by Crippen LogP contribution is -2.31. The molecular weight excluding hydrogens is 236 g/mol. The molecule has 0 aromatic carbocycles. The second-order valence-corrected chi connectivity index (χ2v) is 6.06. The lowest BCUT2D eigenvalue weighted by Gasteiger charge is -2.20. The summed E-state index contributed by atoms with van der Waals surface area (Å²) < 4.78 is 0. The molecule has 0 saturated carbocycles. The predicted molar refractivity (Wildman–Crippen MR) is 72.5 cm³/mol. The van der Waals surface area contributed by atoms with E-state index < -0.39 is 0 Å². The lowest BCUT2D eigenvalue weighted by atomic mass is 9.93. The zero-order chi connectivity index (χ0) is 11.6. The molecule has 2 rings (SSSR count). The van der Waals surface area contributed by atoms with Gasteiger partial charge in [-0.2, -0.15) is 0 Å². The van der Waals surface area contributed by atoms with Crippen molar-refractivity contribution < 1.29 is 4.79 Å². The molecule has 1 amide bonds. The molecule has 0 bridgehead atoms. The van der Waals surface area contributed by atoms with Crippen LogP contribution in [0.2, 0.25) is 0 Å². The van der Waals surface area contributed by atoms with Gasteiger partial charge in [0.15, 0.2) is 0 Å². The Hall–Kier alpha value is -0.280. The summed E-state index contributed by atoms with van der Waals surface area (Å²) in [6, 6.07) is 0.597. The van der Waals surface area contributed by atoms with E-state index in [4.69, 9.17) is 0 Å². The molecule has 0 aromatic heterocycles. The lowest BCUT2D eigenvalue weighted by molar-refractivity contribution is -0.130. The zero-order valence-electron chi connectivity index (χ0n) is 11.0. The number of nitrogens with one attached hydrogen (secondary N) is 1. The molecule has 2 saturated heterocycles. The van der Waals surface area contributed by atoms with Crippen LogP contribution in [0.15, 0.2) is 0 Å². The largest absolute Gasteiger partial charge is 0.342 e. The number of carbonyl (C=O) groups excluding carboxylic acids is 1. The summed E-state index contributed by atoms with van der Waals surface area (Å²) >= 11 is 0. The second kappa shape index (κ2) is 6.05. The Morgan fingerprint density at radius 3 is 2.76 bits per heavy atom. The van der Waals surface area contributed by atoms with Crippen molar-refractivity contribution in [2.45, 2.75) is 52.0 Å². The van der Waals surface area contributed by atoms with Gasteiger partial charge in [-0.3, -0.25) is 4.79 Å². The summed E-state index contributed by atoms with van der Waals surface area (Å²) in [5.74, 6) is 0.360. The minimum Gasteiger partial charge on any atom is -0.342 e. The number of likely N-dealkylation sites (tertiary alicyclic amines) is 1. The van der Waals surface area contributed by atoms with Gasteiger partial charge in [-0.05, 0) is 37.6 Å². The highest BCUT2D eigenvalue weighted by atomic mass is 35.5. The average Bonchev–Trinajstić information content (AvgIpc) is 2.83. The highest BCUT2D eigenvalue weighted by Crippen LogP contribution is 2.29. The molecule has 2 heterocycles. The van der Waals surface area contributed by atoms with Crippen molar-refractivity contribution in [3.05, 3.63) is 0 Å². The van der Waals surface area contributed by atoms with Gasteiger partial charge in [-0.15, -0.1) is 12.4 Å². The van der Waals surface area contributed by atoms with Crippen molar-refractivity contribution >= 4 is 18.3 Å². The molecule has 4 heteroatoms. The maximum absolute atomic E-state index is 12.0. The van der Waals surface area contributed by atoms with Crippen LogP contribution >= 0.6 is 12.4 Å². The fraction of sp³-hybridized carbons (Fsp3) is 0.923. The summed E-state index contributed by atoms with van der Waals surface area (Å²) in [6.45, 7) is 7.54. The van der Waals surface area contributed by atoms with E-state index in [1.807, 2.05) is 0 Å². The number of carbonyl (C=O) groups is 1. The van der Waals surface area contributed by atoms with E-state index >= 15 is 0 Å². The van der Waals surface area contributed by atoms with Crippen LogP contribution in [0.5, 0.6) is 0 Å². The molecule has 1 N–H and O–H groups in total. The third kappa shape index (κ3) is 4.14. The Balaban J connectivity index is 0.00000144. The number of rotatable bonds is 3. The molecule has 100 valence electrons. The monoisotopic (exact) mass is 260 g/mol. The molecule has 1 unspecified atom stereocenters. The SMILES string of the molecule is CC1(C)CCN(C(=O)CCC2CCCN2)C1.Cl. The first-order valence-electron chi connectivity index (χ1n) is 6.58. The normalized spacial score (nSPS) is 26.9. The van der Waals surface area contributed by atoms with E-state index in [2.05, 4.69) is 24.1 Å². The number of amides is 1. The predicted octanol–water partition coefficient (Wildman–Crippen LogP) is 2.20. The summed E-state index contributed by atoms with van der Waals surface area (Å²) in [6.07, 6.45) is 5.43. The Kier molecular flexibility index (Phi) is 5.26. The van der Waals surface area contributed by atoms with Crippen molar-refractivity contribution in [2.24, 2.45) is 5.41 Å². The fourth-order valence-electron chi connectivity index (χ4n) is 2.78. The molecule has 1 atom stereocenters. The first-order chi connectivity index (χ1) is 7.57. The van der Waals surface area contributed by atoms with E-state index in [0.717, 1.165) is 38.9 Å².